The second kappa shape index (κ2) is 6.85. The van der Waals surface area contributed by atoms with Gasteiger partial charge in [0.25, 0.3) is 0 Å². The van der Waals surface area contributed by atoms with Crippen LogP contribution >= 0.6 is 0 Å². The molecule has 2 aliphatic carbocycles. The quantitative estimate of drug-likeness (QED) is 0.816. The minimum Gasteiger partial charge on any atom is -0.383 e. The van der Waals surface area contributed by atoms with Crippen molar-refractivity contribution in [3.63, 3.8) is 0 Å². The molecule has 0 aromatic carbocycles. The van der Waals surface area contributed by atoms with E-state index in [1.54, 1.807) is 0 Å². The fourth-order valence-electron chi connectivity index (χ4n) is 5.37. The molecule has 6 rings (SSSR count). The van der Waals surface area contributed by atoms with Crippen molar-refractivity contribution in [2.45, 2.75) is 82.0 Å². The first-order valence-electron chi connectivity index (χ1n) is 10.8. The van der Waals surface area contributed by atoms with Gasteiger partial charge in [-0.1, -0.05) is 24.5 Å². The molecule has 4 heterocycles. The number of fused-ring (bicyclic) bond motifs is 3. The van der Waals surface area contributed by atoms with Crippen molar-refractivity contribution in [1.29, 1.82) is 0 Å². The van der Waals surface area contributed by atoms with Gasteiger partial charge in [-0.25, -0.2) is 0 Å². The number of amides is 1. The Bertz CT molecular complexity index is 694. The van der Waals surface area contributed by atoms with Gasteiger partial charge in [0.2, 0.25) is 5.91 Å². The highest BCUT2D eigenvalue weighted by Crippen LogP contribution is 2.38. The topological polar surface area (TPSA) is 83.3 Å². The normalized spacial score (nSPS) is 35.1. The number of aromatic nitrogens is 3. The minimum atomic E-state index is -0.783. The Balaban J connectivity index is 1.22. The Labute approximate surface area is 160 Å². The lowest BCUT2D eigenvalue weighted by atomic mass is 9.75. The molecule has 0 spiro atoms. The molecule has 3 aliphatic heterocycles. The second-order valence-corrected chi connectivity index (χ2v) is 9.24. The maximum Gasteiger partial charge on any atom is 0.224 e. The third kappa shape index (κ3) is 3.51. The number of carbonyl (C=O) groups is 1. The predicted octanol–water partition coefficient (Wildman–Crippen LogP) is 1.42. The van der Waals surface area contributed by atoms with Gasteiger partial charge in [0.1, 0.15) is 11.3 Å². The van der Waals surface area contributed by atoms with Gasteiger partial charge in [0, 0.05) is 18.6 Å². The molecule has 5 fully saturated rings. The van der Waals surface area contributed by atoms with Crippen LogP contribution in [0, 0.1) is 11.8 Å². The fraction of sp³-hybridized carbons (Fsp3) is 0.850. The first kappa shape index (κ1) is 17.6. The summed E-state index contributed by atoms with van der Waals surface area (Å²) in [5, 5.41) is 22.7. The van der Waals surface area contributed by atoms with Crippen molar-refractivity contribution in [3.05, 3.63) is 11.9 Å². The monoisotopic (exact) mass is 373 g/mol. The Hall–Kier alpha value is -1.47. The molecular formula is C20H31N5O2. The van der Waals surface area contributed by atoms with E-state index in [-0.39, 0.29) is 11.8 Å². The molecule has 2 saturated carbocycles. The van der Waals surface area contributed by atoms with Gasteiger partial charge >= 0.3 is 0 Å². The molecule has 148 valence electrons. The van der Waals surface area contributed by atoms with Crippen LogP contribution in [0.1, 0.15) is 63.5 Å². The summed E-state index contributed by atoms with van der Waals surface area (Å²) < 4.78 is 1.91. The average molecular weight is 374 g/mol. The highest BCUT2D eigenvalue weighted by atomic mass is 16.3. The maximum absolute atomic E-state index is 12.5. The van der Waals surface area contributed by atoms with Crippen LogP contribution in [0.4, 0.5) is 0 Å². The van der Waals surface area contributed by atoms with Crippen molar-refractivity contribution in [1.82, 2.24) is 25.2 Å². The van der Waals surface area contributed by atoms with Crippen LogP contribution in [0.25, 0.3) is 0 Å². The summed E-state index contributed by atoms with van der Waals surface area (Å²) in [6.45, 7) is 2.75. The van der Waals surface area contributed by atoms with Crippen LogP contribution in [0.3, 0.4) is 0 Å². The van der Waals surface area contributed by atoms with Crippen molar-refractivity contribution in [3.8, 4) is 0 Å². The van der Waals surface area contributed by atoms with E-state index in [1.807, 2.05) is 10.9 Å². The molecule has 7 nitrogen and oxygen atoms in total. The minimum absolute atomic E-state index is 0.157. The van der Waals surface area contributed by atoms with E-state index in [4.69, 9.17) is 0 Å². The third-order valence-corrected chi connectivity index (χ3v) is 7.23. The molecule has 1 amide bonds. The fourth-order valence-corrected chi connectivity index (χ4v) is 5.37. The number of nitrogens with one attached hydrogen (secondary N) is 1. The van der Waals surface area contributed by atoms with E-state index in [0.29, 0.717) is 18.0 Å². The lowest BCUT2D eigenvalue weighted by Crippen LogP contribution is -2.58. The average Bonchev–Trinajstić information content (AvgIpc) is 3.37. The lowest BCUT2D eigenvalue weighted by molar-refractivity contribution is -0.133. The van der Waals surface area contributed by atoms with Gasteiger partial charge in [0.15, 0.2) is 0 Å². The van der Waals surface area contributed by atoms with E-state index in [2.05, 4.69) is 20.5 Å². The van der Waals surface area contributed by atoms with Crippen molar-refractivity contribution in [2.75, 3.05) is 13.1 Å². The van der Waals surface area contributed by atoms with E-state index >= 15 is 0 Å². The molecule has 1 aromatic rings. The molecule has 2 N–H and O–H groups in total. The number of hydrogen-bond donors (Lipinski definition) is 2. The van der Waals surface area contributed by atoms with Crippen LogP contribution in [-0.4, -0.2) is 56.1 Å². The smallest absolute Gasteiger partial charge is 0.224 e. The standard InChI is InChI=1S/C20H31N5O2/c26-19(21-15-4-5-15)17-12-24-9-6-14(17)10-16(24)11-25-13-18(22-23-25)20(27)7-2-1-3-8-20/h13-17,27H,1-12H2,(H,21,26). The van der Waals surface area contributed by atoms with E-state index in [9.17, 15) is 9.90 Å². The number of rotatable bonds is 5. The van der Waals surface area contributed by atoms with Gasteiger partial charge in [0.05, 0.1) is 18.7 Å². The van der Waals surface area contributed by atoms with Crippen LogP contribution in [-0.2, 0) is 16.9 Å². The van der Waals surface area contributed by atoms with Crippen molar-refractivity contribution in [2.24, 2.45) is 11.8 Å². The molecule has 4 atom stereocenters. The molecular weight excluding hydrogens is 342 g/mol. The summed E-state index contributed by atoms with van der Waals surface area (Å²) in [7, 11) is 0. The van der Waals surface area contributed by atoms with Crippen LogP contribution < -0.4 is 5.32 Å². The van der Waals surface area contributed by atoms with Gasteiger partial charge in [-0.3, -0.25) is 14.4 Å². The Morgan fingerprint density at radius 1 is 1.26 bits per heavy atom. The summed E-state index contributed by atoms with van der Waals surface area (Å²) in [6, 6.07) is 0.868. The summed E-state index contributed by atoms with van der Waals surface area (Å²) in [5.74, 6) is 0.919. The van der Waals surface area contributed by atoms with Gasteiger partial charge in [-0.2, -0.15) is 0 Å². The highest BCUT2D eigenvalue weighted by Gasteiger charge is 2.44. The molecule has 0 radical (unpaired) electrons. The van der Waals surface area contributed by atoms with E-state index < -0.39 is 5.60 Å². The third-order valence-electron chi connectivity index (χ3n) is 7.23. The summed E-state index contributed by atoms with van der Waals surface area (Å²) in [4.78, 5) is 15.0. The largest absolute Gasteiger partial charge is 0.383 e. The summed E-state index contributed by atoms with van der Waals surface area (Å²) in [5.41, 5.74) is -0.0474. The van der Waals surface area contributed by atoms with E-state index in [1.165, 1.54) is 6.42 Å². The lowest BCUT2D eigenvalue weighted by Gasteiger charge is -2.49. The predicted molar refractivity (Wildman–Crippen MR) is 99.7 cm³/mol. The molecule has 2 bridgehead atoms. The number of carbonyl (C=O) groups excluding carboxylic acids is 1. The first-order valence-corrected chi connectivity index (χ1v) is 10.8. The SMILES string of the molecule is O=C(NC1CC1)C1CN2CCC1CC2Cn1cc(C2(O)CCCCC2)nn1. The zero-order chi connectivity index (χ0) is 18.4. The maximum atomic E-state index is 12.5. The van der Waals surface area contributed by atoms with Crippen molar-refractivity contribution >= 4 is 5.91 Å². The van der Waals surface area contributed by atoms with Crippen molar-refractivity contribution < 1.29 is 9.90 Å². The summed E-state index contributed by atoms with van der Waals surface area (Å²) in [6.07, 6.45) is 11.3. The Morgan fingerprint density at radius 3 is 2.78 bits per heavy atom. The Morgan fingerprint density at radius 2 is 2.07 bits per heavy atom. The number of nitrogens with zero attached hydrogens (tertiary/aromatic N) is 4. The van der Waals surface area contributed by atoms with Gasteiger partial charge < -0.3 is 10.4 Å². The molecule has 4 unspecified atom stereocenters. The zero-order valence-corrected chi connectivity index (χ0v) is 16.0. The van der Waals surface area contributed by atoms with Crippen LogP contribution in [0.15, 0.2) is 6.20 Å². The number of piperidine rings is 3. The Kier molecular flexibility index (Phi) is 4.47. The molecule has 7 heteroatoms. The second-order valence-electron chi connectivity index (χ2n) is 9.24. The van der Waals surface area contributed by atoms with Crippen LogP contribution in [0.5, 0.6) is 0 Å². The zero-order valence-electron chi connectivity index (χ0n) is 16.0. The molecule has 5 aliphatic rings. The molecule has 3 saturated heterocycles. The number of aliphatic hydroxyl groups is 1. The van der Waals surface area contributed by atoms with Gasteiger partial charge in [-0.05, 0) is 51.0 Å². The number of hydrogen-bond acceptors (Lipinski definition) is 5. The van der Waals surface area contributed by atoms with Gasteiger partial charge in [-0.15, -0.1) is 5.10 Å². The highest BCUT2D eigenvalue weighted by molar-refractivity contribution is 5.80. The van der Waals surface area contributed by atoms with Crippen LogP contribution in [0.2, 0.25) is 0 Å². The first-order chi connectivity index (χ1) is 13.1. The summed E-state index contributed by atoms with van der Waals surface area (Å²) >= 11 is 0. The molecule has 1 aromatic heterocycles. The van der Waals surface area contributed by atoms with E-state index in [0.717, 1.165) is 76.7 Å². The molecule has 27 heavy (non-hydrogen) atoms.